The van der Waals surface area contributed by atoms with Crippen LogP contribution in [-0.4, -0.2) is 21.7 Å². The number of hydrogen-bond donors (Lipinski definition) is 2. The van der Waals surface area contributed by atoms with Gasteiger partial charge in [0.1, 0.15) is 17.1 Å². The summed E-state index contributed by atoms with van der Waals surface area (Å²) in [6, 6.07) is 0. The van der Waals surface area contributed by atoms with E-state index in [-0.39, 0.29) is 5.60 Å². The minimum absolute atomic E-state index is 0.325. The molecule has 1 aliphatic heterocycles. The van der Waals surface area contributed by atoms with E-state index in [1.165, 1.54) is 32.1 Å². The van der Waals surface area contributed by atoms with Gasteiger partial charge in [-0.25, -0.2) is 0 Å². The molecule has 29 heavy (non-hydrogen) atoms. The maximum absolute atomic E-state index is 11.2. The summed E-state index contributed by atoms with van der Waals surface area (Å²) in [5.41, 5.74) is 3.52. The van der Waals surface area contributed by atoms with E-state index in [2.05, 4.69) is 26.0 Å². The second-order valence-corrected chi connectivity index (χ2v) is 10.1. The van der Waals surface area contributed by atoms with Crippen molar-refractivity contribution in [2.75, 3.05) is 6.35 Å². The van der Waals surface area contributed by atoms with Crippen molar-refractivity contribution >= 4 is 7.60 Å². The summed E-state index contributed by atoms with van der Waals surface area (Å²) in [5.74, 6) is 1.46. The Labute approximate surface area is 175 Å². The summed E-state index contributed by atoms with van der Waals surface area (Å²) in [6.45, 7) is 10.2. The molecule has 164 valence electrons. The highest BCUT2D eigenvalue weighted by atomic mass is 31.2. The van der Waals surface area contributed by atoms with Gasteiger partial charge in [-0.3, -0.25) is 4.57 Å². The van der Waals surface area contributed by atoms with Crippen LogP contribution in [0.4, 0.5) is 0 Å². The summed E-state index contributed by atoms with van der Waals surface area (Å²) >= 11 is 0. The number of allylic oxidation sites excluding steroid dienone is 1. The number of ether oxygens (including phenoxy) is 2. The molecule has 0 saturated carbocycles. The standard InChI is InChI=1S/C23H37O5P/c1-6-7-8-9-10-11-12-14-23(5)15-13-20-19(4)21(27-16-29(24,25)26)17(2)18(3)22(20)28-23/h12,14H,6-11,13,15-16H2,1-5H3,(H2,24,25,26)/b14-12+. The highest BCUT2D eigenvalue weighted by Gasteiger charge is 2.33. The van der Waals surface area contributed by atoms with Crippen molar-refractivity contribution in [3.05, 3.63) is 34.4 Å². The molecule has 0 aliphatic carbocycles. The Kier molecular flexibility index (Phi) is 8.39. The van der Waals surface area contributed by atoms with Gasteiger partial charge in [-0.15, -0.1) is 0 Å². The minimum atomic E-state index is -4.22. The molecule has 0 bridgehead atoms. The Hall–Kier alpha value is -1.29. The first-order valence-corrected chi connectivity index (χ1v) is 12.5. The molecule has 0 radical (unpaired) electrons. The quantitative estimate of drug-likeness (QED) is 0.269. The third-order valence-electron chi connectivity index (χ3n) is 5.84. The average Bonchev–Trinajstić information content (AvgIpc) is 2.64. The third kappa shape index (κ3) is 6.60. The molecular weight excluding hydrogens is 387 g/mol. The molecule has 0 amide bonds. The number of unbranched alkanes of at least 4 members (excludes halogenated alkanes) is 5. The van der Waals surface area contributed by atoms with Crippen molar-refractivity contribution in [1.29, 1.82) is 0 Å². The molecule has 0 saturated heterocycles. The third-order valence-corrected chi connectivity index (χ3v) is 6.30. The monoisotopic (exact) mass is 424 g/mol. The summed E-state index contributed by atoms with van der Waals surface area (Å²) in [5, 5.41) is 0. The fourth-order valence-corrected chi connectivity index (χ4v) is 4.23. The molecule has 1 atom stereocenters. The summed E-state index contributed by atoms with van der Waals surface area (Å²) in [6.07, 6.45) is 13.1. The van der Waals surface area contributed by atoms with E-state index in [1.807, 2.05) is 20.8 Å². The Morgan fingerprint density at radius 1 is 1.10 bits per heavy atom. The lowest BCUT2D eigenvalue weighted by Gasteiger charge is -2.36. The van der Waals surface area contributed by atoms with Gasteiger partial charge in [0, 0.05) is 5.56 Å². The molecule has 0 aromatic heterocycles. The molecule has 2 N–H and O–H groups in total. The Morgan fingerprint density at radius 3 is 2.45 bits per heavy atom. The van der Waals surface area contributed by atoms with Crippen molar-refractivity contribution < 1.29 is 23.8 Å². The van der Waals surface area contributed by atoms with Gasteiger partial charge in [0.2, 0.25) is 0 Å². The molecule has 6 heteroatoms. The lowest BCUT2D eigenvalue weighted by atomic mass is 9.87. The van der Waals surface area contributed by atoms with Crippen LogP contribution in [0.25, 0.3) is 0 Å². The van der Waals surface area contributed by atoms with Crippen LogP contribution >= 0.6 is 7.60 Å². The van der Waals surface area contributed by atoms with Crippen LogP contribution in [0.5, 0.6) is 11.5 Å². The SMILES string of the molecule is CCCCCCC/C=C/C1(C)CCc2c(C)c(OCP(=O)(O)O)c(C)c(C)c2O1. The molecule has 0 fully saturated rings. The van der Waals surface area contributed by atoms with Gasteiger partial charge < -0.3 is 19.3 Å². The highest BCUT2D eigenvalue weighted by Crippen LogP contribution is 2.45. The van der Waals surface area contributed by atoms with Gasteiger partial charge in [0.25, 0.3) is 0 Å². The molecule has 2 rings (SSSR count). The molecule has 1 aliphatic rings. The number of hydrogen-bond acceptors (Lipinski definition) is 3. The summed E-state index contributed by atoms with van der Waals surface area (Å²) in [7, 11) is -4.22. The Morgan fingerprint density at radius 2 is 1.79 bits per heavy atom. The predicted molar refractivity (Wildman–Crippen MR) is 118 cm³/mol. The van der Waals surface area contributed by atoms with Crippen molar-refractivity contribution in [2.45, 2.75) is 91.6 Å². The fraction of sp³-hybridized carbons (Fsp3) is 0.652. The molecule has 1 heterocycles. The second-order valence-electron chi connectivity index (χ2n) is 8.47. The maximum atomic E-state index is 11.2. The van der Waals surface area contributed by atoms with Gasteiger partial charge in [0.15, 0.2) is 6.35 Å². The smallest absolute Gasteiger partial charge is 0.362 e. The molecule has 1 unspecified atom stereocenters. The van der Waals surface area contributed by atoms with Crippen LogP contribution in [0.3, 0.4) is 0 Å². The van der Waals surface area contributed by atoms with Crippen molar-refractivity contribution in [2.24, 2.45) is 0 Å². The largest absolute Gasteiger partial charge is 0.483 e. The van der Waals surface area contributed by atoms with E-state index in [9.17, 15) is 4.57 Å². The zero-order valence-corrected chi connectivity index (χ0v) is 19.5. The predicted octanol–water partition coefficient (Wildman–Crippen LogP) is 6.13. The van der Waals surface area contributed by atoms with E-state index >= 15 is 0 Å². The summed E-state index contributed by atoms with van der Waals surface area (Å²) in [4.78, 5) is 18.3. The zero-order valence-electron chi connectivity index (χ0n) is 18.6. The van der Waals surface area contributed by atoms with E-state index in [0.29, 0.717) is 5.75 Å². The number of benzene rings is 1. The number of fused-ring (bicyclic) bond motifs is 1. The Bertz CT molecular complexity index is 780. The second kappa shape index (κ2) is 10.1. The van der Waals surface area contributed by atoms with Gasteiger partial charge in [-0.1, -0.05) is 38.7 Å². The van der Waals surface area contributed by atoms with Crippen LogP contribution in [0, 0.1) is 20.8 Å². The van der Waals surface area contributed by atoms with Crippen molar-refractivity contribution in [1.82, 2.24) is 0 Å². The van der Waals surface area contributed by atoms with E-state index in [4.69, 9.17) is 19.3 Å². The zero-order chi connectivity index (χ0) is 21.7. The Balaban J connectivity index is 2.12. The van der Waals surface area contributed by atoms with Gasteiger partial charge >= 0.3 is 7.60 Å². The maximum Gasteiger partial charge on any atom is 0.362 e. The summed E-state index contributed by atoms with van der Waals surface area (Å²) < 4.78 is 23.2. The van der Waals surface area contributed by atoms with Crippen LogP contribution in [0.15, 0.2) is 12.2 Å². The molecule has 1 aromatic rings. The lowest BCUT2D eigenvalue weighted by molar-refractivity contribution is 0.112. The first-order chi connectivity index (χ1) is 13.6. The van der Waals surface area contributed by atoms with E-state index < -0.39 is 13.9 Å². The first kappa shape index (κ1) is 24.0. The average molecular weight is 425 g/mol. The topological polar surface area (TPSA) is 76.0 Å². The van der Waals surface area contributed by atoms with Crippen LogP contribution in [0.2, 0.25) is 0 Å². The molecular formula is C23H37O5P. The van der Waals surface area contributed by atoms with Crippen molar-refractivity contribution in [3.8, 4) is 11.5 Å². The fourth-order valence-electron chi connectivity index (χ4n) is 3.93. The van der Waals surface area contributed by atoms with E-state index in [1.54, 1.807) is 0 Å². The van der Waals surface area contributed by atoms with Crippen molar-refractivity contribution in [3.63, 3.8) is 0 Å². The van der Waals surface area contributed by atoms with Gasteiger partial charge in [0.05, 0.1) is 0 Å². The van der Waals surface area contributed by atoms with Crippen LogP contribution < -0.4 is 9.47 Å². The normalized spacial score (nSPS) is 19.3. The molecule has 5 nitrogen and oxygen atoms in total. The lowest BCUT2D eigenvalue weighted by Crippen LogP contribution is -2.35. The van der Waals surface area contributed by atoms with E-state index in [0.717, 1.165) is 47.3 Å². The molecule has 1 aromatic carbocycles. The van der Waals surface area contributed by atoms with Gasteiger partial charge in [-0.2, -0.15) is 0 Å². The first-order valence-electron chi connectivity index (χ1n) is 10.7. The number of rotatable bonds is 10. The minimum Gasteiger partial charge on any atom is -0.483 e. The van der Waals surface area contributed by atoms with Gasteiger partial charge in [-0.05, 0) is 76.1 Å². The highest BCUT2D eigenvalue weighted by molar-refractivity contribution is 7.51. The molecule has 0 spiro atoms. The van der Waals surface area contributed by atoms with Crippen LogP contribution in [-0.2, 0) is 11.0 Å². The van der Waals surface area contributed by atoms with Crippen LogP contribution in [0.1, 0.15) is 81.0 Å².